The molecule has 0 saturated carbocycles. The number of hydrogen-bond donors (Lipinski definition) is 1. The smallest absolute Gasteiger partial charge is 0.262 e. The molecular formula is C27H25N3O3S. The van der Waals surface area contributed by atoms with Crippen LogP contribution in [-0.2, 0) is 17.8 Å². The fourth-order valence-electron chi connectivity index (χ4n) is 3.89. The van der Waals surface area contributed by atoms with Crippen molar-refractivity contribution in [3.8, 4) is 22.8 Å². The number of amides is 1. The Balaban J connectivity index is 1.53. The maximum absolute atomic E-state index is 11.8. The van der Waals surface area contributed by atoms with Crippen LogP contribution in [-0.4, -0.2) is 23.7 Å². The largest absolute Gasteiger partial charge is 0.494 e. The first kappa shape index (κ1) is 22.0. The average Bonchev–Trinajstić information content (AvgIpc) is 3.26. The third-order valence-corrected chi connectivity index (χ3v) is 6.41. The number of aryl methyl sites for hydroxylation is 1. The molecule has 0 atom stereocenters. The van der Waals surface area contributed by atoms with Crippen LogP contribution in [0.4, 0.5) is 11.4 Å². The van der Waals surface area contributed by atoms with Gasteiger partial charge >= 0.3 is 0 Å². The van der Waals surface area contributed by atoms with Gasteiger partial charge in [-0.05, 0) is 61.4 Å². The second-order valence-electron chi connectivity index (χ2n) is 7.88. The molecule has 1 aliphatic rings. The summed E-state index contributed by atoms with van der Waals surface area (Å²) in [5, 5.41) is 5.02. The summed E-state index contributed by atoms with van der Waals surface area (Å²) >= 11 is 1.60. The van der Waals surface area contributed by atoms with E-state index in [1.807, 2.05) is 55.5 Å². The topological polar surface area (TPSA) is 64.8 Å². The van der Waals surface area contributed by atoms with Gasteiger partial charge in [0.05, 0.1) is 23.7 Å². The van der Waals surface area contributed by atoms with Crippen LogP contribution in [0.1, 0.15) is 12.5 Å². The molecule has 6 nitrogen and oxygen atoms in total. The van der Waals surface area contributed by atoms with Crippen LogP contribution in [0, 0.1) is 0 Å². The highest BCUT2D eigenvalue weighted by molar-refractivity contribution is 7.07. The van der Waals surface area contributed by atoms with E-state index in [9.17, 15) is 4.79 Å². The summed E-state index contributed by atoms with van der Waals surface area (Å²) in [4.78, 5) is 17.7. The van der Waals surface area contributed by atoms with Crippen LogP contribution in [0.2, 0.25) is 0 Å². The second kappa shape index (κ2) is 9.97. The van der Waals surface area contributed by atoms with Crippen LogP contribution in [0.3, 0.4) is 0 Å². The van der Waals surface area contributed by atoms with Crippen molar-refractivity contribution in [1.82, 2.24) is 4.57 Å². The number of aromatic nitrogens is 1. The predicted molar refractivity (Wildman–Crippen MR) is 135 cm³/mol. The third-order valence-electron chi connectivity index (χ3n) is 5.55. The molecule has 5 rings (SSSR count). The van der Waals surface area contributed by atoms with Gasteiger partial charge in [0.1, 0.15) is 11.5 Å². The van der Waals surface area contributed by atoms with Gasteiger partial charge in [-0.15, -0.1) is 11.3 Å². The molecular weight excluding hydrogens is 446 g/mol. The molecule has 3 aromatic carbocycles. The molecule has 1 N–H and O–H groups in total. The molecule has 0 saturated heterocycles. The number of nitrogens with zero attached hydrogens (tertiary/aromatic N) is 2. The number of carbonyl (C=O) groups is 1. The molecule has 0 fully saturated rings. The molecule has 7 heteroatoms. The predicted octanol–water partition coefficient (Wildman–Crippen LogP) is 5.42. The molecule has 0 spiro atoms. The molecule has 0 unspecified atom stereocenters. The van der Waals surface area contributed by atoms with Gasteiger partial charge in [-0.1, -0.05) is 30.3 Å². The van der Waals surface area contributed by atoms with E-state index in [4.69, 9.17) is 14.5 Å². The van der Waals surface area contributed by atoms with Crippen molar-refractivity contribution in [1.29, 1.82) is 0 Å². The highest BCUT2D eigenvalue weighted by atomic mass is 32.1. The fourth-order valence-corrected chi connectivity index (χ4v) is 4.84. The first-order valence-corrected chi connectivity index (χ1v) is 12.1. The molecule has 4 aromatic rings. The lowest BCUT2D eigenvalue weighted by molar-refractivity contribution is -0.118. The van der Waals surface area contributed by atoms with E-state index < -0.39 is 0 Å². The zero-order chi connectivity index (χ0) is 23.3. The summed E-state index contributed by atoms with van der Waals surface area (Å²) in [5.74, 6) is 1.38. The number of carbonyl (C=O) groups excluding carboxylic acids is 1. The van der Waals surface area contributed by atoms with Crippen molar-refractivity contribution in [3.63, 3.8) is 0 Å². The SMILES string of the molecule is CCOc1ccc(N=c2scc(-c3ccc4c(c3)NC(=O)CO4)n2CCc2ccccc2)cc1. The molecule has 2 heterocycles. The molecule has 172 valence electrons. The van der Waals surface area contributed by atoms with Crippen LogP contribution in [0.25, 0.3) is 11.3 Å². The maximum atomic E-state index is 11.8. The number of ether oxygens (including phenoxy) is 2. The first-order valence-electron chi connectivity index (χ1n) is 11.3. The van der Waals surface area contributed by atoms with Crippen LogP contribution >= 0.6 is 11.3 Å². The lowest BCUT2D eigenvalue weighted by atomic mass is 10.1. The Labute approximate surface area is 202 Å². The van der Waals surface area contributed by atoms with E-state index in [1.54, 1.807) is 11.3 Å². The Hall–Kier alpha value is -3.84. The summed E-state index contributed by atoms with van der Waals surface area (Å²) in [7, 11) is 0. The molecule has 1 amide bonds. The summed E-state index contributed by atoms with van der Waals surface area (Å²) in [5.41, 5.74) is 4.89. The van der Waals surface area contributed by atoms with E-state index >= 15 is 0 Å². The zero-order valence-corrected chi connectivity index (χ0v) is 19.7. The van der Waals surface area contributed by atoms with Crippen molar-refractivity contribution in [2.45, 2.75) is 19.9 Å². The van der Waals surface area contributed by atoms with Crippen molar-refractivity contribution >= 4 is 28.6 Å². The molecule has 1 aliphatic heterocycles. The maximum Gasteiger partial charge on any atom is 0.262 e. The monoisotopic (exact) mass is 471 g/mol. The Bertz CT molecular complexity index is 1360. The van der Waals surface area contributed by atoms with Gasteiger partial charge in [0.15, 0.2) is 11.4 Å². The molecule has 0 radical (unpaired) electrons. The Morgan fingerprint density at radius 2 is 1.91 bits per heavy atom. The first-order chi connectivity index (χ1) is 16.7. The van der Waals surface area contributed by atoms with Gasteiger partial charge in [-0.25, -0.2) is 4.99 Å². The number of rotatable bonds is 7. The van der Waals surface area contributed by atoms with Gasteiger partial charge in [0.25, 0.3) is 5.91 Å². The van der Waals surface area contributed by atoms with E-state index in [2.05, 4.69) is 39.5 Å². The number of fused-ring (bicyclic) bond motifs is 1. The minimum Gasteiger partial charge on any atom is -0.494 e. The van der Waals surface area contributed by atoms with E-state index in [0.717, 1.165) is 40.5 Å². The quantitative estimate of drug-likeness (QED) is 0.391. The van der Waals surface area contributed by atoms with Crippen LogP contribution < -0.4 is 19.6 Å². The average molecular weight is 472 g/mol. The fraction of sp³-hybridized carbons (Fsp3) is 0.185. The highest BCUT2D eigenvalue weighted by Crippen LogP contribution is 2.33. The Morgan fingerprint density at radius 1 is 1.09 bits per heavy atom. The number of hydrogen-bond acceptors (Lipinski definition) is 5. The van der Waals surface area contributed by atoms with Crippen LogP contribution in [0.5, 0.6) is 11.5 Å². The lowest BCUT2D eigenvalue weighted by Gasteiger charge is -2.19. The van der Waals surface area contributed by atoms with Crippen molar-refractivity contribution in [3.05, 3.63) is 88.5 Å². The van der Waals surface area contributed by atoms with E-state index in [0.29, 0.717) is 18.0 Å². The number of nitrogens with one attached hydrogen (secondary N) is 1. The second-order valence-corrected chi connectivity index (χ2v) is 8.71. The highest BCUT2D eigenvalue weighted by Gasteiger charge is 2.18. The summed E-state index contributed by atoms with van der Waals surface area (Å²) in [6.07, 6.45) is 0.881. The standard InChI is InChI=1S/C27H25N3O3S/c1-2-32-22-11-9-21(10-12-22)28-27-30(15-14-19-6-4-3-5-7-19)24(18-34-27)20-8-13-25-23(16-20)29-26(31)17-33-25/h3-13,16,18H,2,14-15,17H2,1H3,(H,29,31). The molecule has 34 heavy (non-hydrogen) atoms. The van der Waals surface area contributed by atoms with Gasteiger partial charge in [0.2, 0.25) is 0 Å². The summed E-state index contributed by atoms with van der Waals surface area (Å²) < 4.78 is 13.3. The third kappa shape index (κ3) is 4.89. The Kier molecular flexibility index (Phi) is 6.44. The number of benzene rings is 3. The molecule has 1 aromatic heterocycles. The lowest BCUT2D eigenvalue weighted by Crippen LogP contribution is -2.25. The summed E-state index contributed by atoms with van der Waals surface area (Å²) in [6, 6.07) is 24.2. The van der Waals surface area contributed by atoms with Crippen LogP contribution in [0.15, 0.2) is 83.2 Å². The number of thiazole rings is 1. The van der Waals surface area contributed by atoms with Crippen molar-refractivity contribution in [2.24, 2.45) is 4.99 Å². The van der Waals surface area contributed by atoms with Gasteiger partial charge in [-0.3, -0.25) is 4.79 Å². The number of anilines is 1. The summed E-state index contributed by atoms with van der Waals surface area (Å²) in [6.45, 7) is 3.43. The normalized spacial score (nSPS) is 13.2. The van der Waals surface area contributed by atoms with E-state index in [-0.39, 0.29) is 12.5 Å². The zero-order valence-electron chi connectivity index (χ0n) is 18.9. The molecule has 0 aliphatic carbocycles. The molecule has 0 bridgehead atoms. The van der Waals surface area contributed by atoms with Crippen molar-refractivity contribution < 1.29 is 14.3 Å². The van der Waals surface area contributed by atoms with Gasteiger partial charge in [0, 0.05) is 17.5 Å². The Morgan fingerprint density at radius 3 is 2.71 bits per heavy atom. The van der Waals surface area contributed by atoms with E-state index in [1.165, 1.54) is 5.56 Å². The van der Waals surface area contributed by atoms with Gasteiger partial charge < -0.3 is 19.4 Å². The van der Waals surface area contributed by atoms with Gasteiger partial charge in [-0.2, -0.15) is 0 Å². The minimum atomic E-state index is -0.141. The van der Waals surface area contributed by atoms with Crippen molar-refractivity contribution in [2.75, 3.05) is 18.5 Å². The minimum absolute atomic E-state index is 0.0486.